The Balaban J connectivity index is 1.61. The molecule has 27 heavy (non-hydrogen) atoms. The van der Waals surface area contributed by atoms with Crippen molar-refractivity contribution in [2.45, 2.75) is 4.34 Å². The molecule has 0 saturated heterocycles. The third kappa shape index (κ3) is 5.15. The van der Waals surface area contributed by atoms with Crippen LogP contribution in [-0.4, -0.2) is 30.9 Å². The third-order valence-electron chi connectivity index (χ3n) is 3.63. The largest absolute Gasteiger partial charge is 0.497 e. The molecule has 1 amide bonds. The molecular weight excluding hydrogens is 404 g/mol. The fourth-order valence-electron chi connectivity index (χ4n) is 2.30. The smallest absolute Gasteiger partial charge is 0.234 e. The number of carbonyl (C=O) groups is 1. The van der Waals surface area contributed by atoms with Crippen molar-refractivity contribution in [3.8, 4) is 22.8 Å². The van der Waals surface area contributed by atoms with E-state index in [0.29, 0.717) is 22.2 Å². The van der Waals surface area contributed by atoms with Gasteiger partial charge in [0.15, 0.2) is 4.34 Å². The zero-order valence-corrected chi connectivity index (χ0v) is 17.1. The van der Waals surface area contributed by atoms with Crippen LogP contribution in [0, 0.1) is 0 Å². The zero-order chi connectivity index (χ0) is 19.2. The number of hydrogen-bond donors (Lipinski definition) is 1. The number of ether oxygens (including phenoxy) is 2. The van der Waals surface area contributed by atoms with Crippen LogP contribution in [0.1, 0.15) is 0 Å². The molecule has 0 aliphatic rings. The van der Waals surface area contributed by atoms with E-state index in [1.807, 2.05) is 29.6 Å². The van der Waals surface area contributed by atoms with Crippen molar-refractivity contribution in [1.29, 1.82) is 0 Å². The number of rotatable bonds is 7. The first-order valence-corrected chi connectivity index (χ1v) is 10.2. The highest BCUT2D eigenvalue weighted by Gasteiger charge is 2.11. The van der Waals surface area contributed by atoms with Crippen molar-refractivity contribution in [1.82, 2.24) is 4.98 Å². The van der Waals surface area contributed by atoms with Gasteiger partial charge in [0.05, 0.1) is 31.4 Å². The summed E-state index contributed by atoms with van der Waals surface area (Å²) < 4.78 is 11.3. The number of carbonyl (C=O) groups excluding carboxylic acids is 1. The van der Waals surface area contributed by atoms with Gasteiger partial charge >= 0.3 is 0 Å². The Kier molecular flexibility index (Phi) is 6.60. The molecule has 0 unspecified atom stereocenters. The molecule has 8 heteroatoms. The predicted octanol–water partition coefficient (Wildman–Crippen LogP) is 5.21. The number of aromatic nitrogens is 1. The van der Waals surface area contributed by atoms with Crippen LogP contribution in [0.5, 0.6) is 11.5 Å². The van der Waals surface area contributed by atoms with E-state index in [4.69, 9.17) is 21.1 Å². The molecule has 1 aromatic heterocycles. The molecule has 1 heterocycles. The molecule has 0 aliphatic carbocycles. The Morgan fingerprint density at radius 1 is 1.19 bits per heavy atom. The zero-order valence-electron chi connectivity index (χ0n) is 14.7. The topological polar surface area (TPSA) is 60.5 Å². The maximum absolute atomic E-state index is 12.3. The van der Waals surface area contributed by atoms with Crippen LogP contribution in [0.15, 0.2) is 52.2 Å². The van der Waals surface area contributed by atoms with Gasteiger partial charge < -0.3 is 14.8 Å². The van der Waals surface area contributed by atoms with E-state index in [2.05, 4.69) is 10.3 Å². The molecule has 0 aliphatic heterocycles. The molecule has 0 atom stereocenters. The average Bonchev–Trinajstić information content (AvgIpc) is 3.16. The van der Waals surface area contributed by atoms with Crippen LogP contribution >= 0.6 is 34.7 Å². The monoisotopic (exact) mass is 420 g/mol. The number of thiazole rings is 1. The Bertz CT molecular complexity index is 929. The average molecular weight is 421 g/mol. The minimum Gasteiger partial charge on any atom is -0.497 e. The van der Waals surface area contributed by atoms with Gasteiger partial charge in [-0.15, -0.1) is 11.3 Å². The molecular formula is C19H17ClN2O3S2. The maximum Gasteiger partial charge on any atom is 0.234 e. The molecule has 0 fully saturated rings. The summed E-state index contributed by atoms with van der Waals surface area (Å²) in [5.41, 5.74) is 2.44. The highest BCUT2D eigenvalue weighted by Crippen LogP contribution is 2.31. The van der Waals surface area contributed by atoms with E-state index in [-0.39, 0.29) is 11.7 Å². The van der Waals surface area contributed by atoms with E-state index >= 15 is 0 Å². The van der Waals surface area contributed by atoms with Crippen LogP contribution in [0.25, 0.3) is 11.3 Å². The molecule has 140 valence electrons. The van der Waals surface area contributed by atoms with Crippen LogP contribution in [-0.2, 0) is 4.79 Å². The van der Waals surface area contributed by atoms with Crippen molar-refractivity contribution in [2.24, 2.45) is 0 Å². The van der Waals surface area contributed by atoms with Crippen molar-refractivity contribution in [3.63, 3.8) is 0 Å². The number of halogens is 1. The normalized spacial score (nSPS) is 10.5. The number of thioether (sulfide) groups is 1. The van der Waals surface area contributed by atoms with Gasteiger partial charge in [0.1, 0.15) is 11.5 Å². The second-order valence-corrected chi connectivity index (χ2v) is 7.93. The minimum atomic E-state index is -0.144. The third-order valence-corrected chi connectivity index (χ3v) is 5.90. The van der Waals surface area contributed by atoms with E-state index < -0.39 is 0 Å². The summed E-state index contributed by atoms with van der Waals surface area (Å²) in [6.45, 7) is 0. The predicted molar refractivity (Wildman–Crippen MR) is 111 cm³/mol. The van der Waals surface area contributed by atoms with Crippen molar-refractivity contribution in [2.75, 3.05) is 25.3 Å². The van der Waals surface area contributed by atoms with Gasteiger partial charge in [-0.1, -0.05) is 35.5 Å². The number of amides is 1. The molecule has 0 bridgehead atoms. The lowest BCUT2D eigenvalue weighted by Crippen LogP contribution is -2.14. The van der Waals surface area contributed by atoms with Gasteiger partial charge in [0.25, 0.3) is 0 Å². The van der Waals surface area contributed by atoms with E-state index in [0.717, 1.165) is 15.6 Å². The second-order valence-electron chi connectivity index (χ2n) is 5.41. The quantitative estimate of drug-likeness (QED) is 0.531. The molecule has 1 N–H and O–H groups in total. The summed E-state index contributed by atoms with van der Waals surface area (Å²) in [4.78, 5) is 16.9. The van der Waals surface area contributed by atoms with E-state index in [1.54, 1.807) is 32.4 Å². The SMILES string of the molecule is COc1ccc(OC)c(NC(=O)CSc2nc(-c3ccc(Cl)cc3)cs2)c1. The summed E-state index contributed by atoms with van der Waals surface area (Å²) in [5.74, 6) is 1.32. The van der Waals surface area contributed by atoms with Crippen molar-refractivity contribution >= 4 is 46.3 Å². The maximum atomic E-state index is 12.3. The number of anilines is 1. The van der Waals surface area contributed by atoms with E-state index in [9.17, 15) is 4.79 Å². The van der Waals surface area contributed by atoms with Gasteiger partial charge in [-0.3, -0.25) is 4.79 Å². The first kappa shape index (κ1) is 19.5. The summed E-state index contributed by atoms with van der Waals surface area (Å²) in [6, 6.07) is 12.8. The minimum absolute atomic E-state index is 0.144. The molecule has 2 aromatic carbocycles. The first-order chi connectivity index (χ1) is 13.1. The molecule has 0 radical (unpaired) electrons. The highest BCUT2D eigenvalue weighted by atomic mass is 35.5. The lowest BCUT2D eigenvalue weighted by Gasteiger charge is -2.11. The van der Waals surface area contributed by atoms with Gasteiger partial charge in [0, 0.05) is 22.0 Å². The van der Waals surface area contributed by atoms with Crippen LogP contribution in [0.4, 0.5) is 5.69 Å². The van der Waals surface area contributed by atoms with Crippen LogP contribution < -0.4 is 14.8 Å². The number of hydrogen-bond acceptors (Lipinski definition) is 6. The summed E-state index contributed by atoms with van der Waals surface area (Å²) in [5, 5.41) is 5.50. The fourth-order valence-corrected chi connectivity index (χ4v) is 4.06. The van der Waals surface area contributed by atoms with E-state index in [1.165, 1.54) is 23.1 Å². The standard InChI is InChI=1S/C19H17ClN2O3S2/c1-24-14-7-8-17(25-2)15(9-14)21-18(23)11-27-19-22-16(10-26-19)12-3-5-13(20)6-4-12/h3-10H,11H2,1-2H3,(H,21,23). The van der Waals surface area contributed by atoms with Gasteiger partial charge in [-0.05, 0) is 24.3 Å². The lowest BCUT2D eigenvalue weighted by molar-refractivity contribution is -0.113. The Hall–Kier alpha value is -2.22. The molecule has 3 rings (SSSR count). The summed E-state index contributed by atoms with van der Waals surface area (Å²) in [6.07, 6.45) is 0. The van der Waals surface area contributed by atoms with Gasteiger partial charge in [-0.25, -0.2) is 4.98 Å². The fraction of sp³-hybridized carbons (Fsp3) is 0.158. The number of nitrogens with one attached hydrogen (secondary N) is 1. The first-order valence-electron chi connectivity index (χ1n) is 7.95. The second kappa shape index (κ2) is 9.12. The van der Waals surface area contributed by atoms with Crippen LogP contribution in [0.2, 0.25) is 5.02 Å². The summed E-state index contributed by atoms with van der Waals surface area (Å²) in [7, 11) is 3.13. The van der Waals surface area contributed by atoms with Gasteiger partial charge in [0.2, 0.25) is 5.91 Å². The Morgan fingerprint density at radius 3 is 2.67 bits per heavy atom. The number of nitrogens with zero attached hydrogens (tertiary/aromatic N) is 1. The van der Waals surface area contributed by atoms with Gasteiger partial charge in [-0.2, -0.15) is 0 Å². The lowest BCUT2D eigenvalue weighted by atomic mass is 10.2. The van der Waals surface area contributed by atoms with Crippen LogP contribution in [0.3, 0.4) is 0 Å². The molecule has 3 aromatic rings. The van der Waals surface area contributed by atoms with Crippen molar-refractivity contribution in [3.05, 3.63) is 52.9 Å². The summed E-state index contributed by atoms with van der Waals surface area (Å²) >= 11 is 8.80. The number of methoxy groups -OCH3 is 2. The molecule has 5 nitrogen and oxygen atoms in total. The Labute approximate surface area is 170 Å². The molecule has 0 saturated carbocycles. The number of benzene rings is 2. The molecule has 0 spiro atoms. The Morgan fingerprint density at radius 2 is 1.96 bits per heavy atom. The highest BCUT2D eigenvalue weighted by molar-refractivity contribution is 8.01. The van der Waals surface area contributed by atoms with Crippen molar-refractivity contribution < 1.29 is 14.3 Å².